The number of rotatable bonds is 6. The largest absolute Gasteiger partial charge is 0.480 e. The second-order valence-corrected chi connectivity index (χ2v) is 8.17. The number of carboxylic acid groups (broad SMARTS) is 1. The van der Waals surface area contributed by atoms with Gasteiger partial charge in [-0.2, -0.15) is 0 Å². The minimum Gasteiger partial charge on any atom is -0.480 e. The quantitative estimate of drug-likeness (QED) is 0.661. The third kappa shape index (κ3) is 4.92. The Bertz CT molecular complexity index is 1050. The van der Waals surface area contributed by atoms with Crippen molar-refractivity contribution in [1.82, 2.24) is 9.97 Å². The molecule has 0 fully saturated rings. The summed E-state index contributed by atoms with van der Waals surface area (Å²) in [6.45, 7) is 3.93. The second-order valence-electron chi connectivity index (χ2n) is 6.45. The van der Waals surface area contributed by atoms with Crippen LogP contribution in [0.5, 0.6) is 0 Å². The number of nitrogens with one attached hydrogen (secondary N) is 1. The van der Waals surface area contributed by atoms with Crippen LogP contribution in [0.25, 0.3) is 22.5 Å². The van der Waals surface area contributed by atoms with Crippen LogP contribution in [0, 0.1) is 13.8 Å². The van der Waals surface area contributed by atoms with E-state index in [4.69, 9.17) is 5.11 Å². The molecule has 0 unspecified atom stereocenters. The van der Waals surface area contributed by atoms with Gasteiger partial charge in [0.05, 0.1) is 11.4 Å². The van der Waals surface area contributed by atoms with E-state index >= 15 is 0 Å². The van der Waals surface area contributed by atoms with E-state index in [0.29, 0.717) is 11.4 Å². The molecule has 0 spiro atoms. The summed E-state index contributed by atoms with van der Waals surface area (Å²) in [5, 5.41) is 8.78. The number of aromatic nitrogens is 2. The maximum absolute atomic E-state index is 12.0. The normalized spacial score (nSPS) is 11.2. The maximum atomic E-state index is 12.0. The van der Waals surface area contributed by atoms with Gasteiger partial charge in [-0.25, -0.2) is 18.4 Å². The van der Waals surface area contributed by atoms with Crippen LogP contribution >= 0.6 is 0 Å². The van der Waals surface area contributed by atoms with Gasteiger partial charge in [0.15, 0.2) is 5.75 Å². The van der Waals surface area contributed by atoms with Crippen LogP contribution in [0.3, 0.4) is 0 Å². The predicted octanol–water partition coefficient (Wildman–Crippen LogP) is 3.25. The Morgan fingerprint density at radius 1 is 0.893 bits per heavy atom. The molecule has 8 heteroatoms. The van der Waals surface area contributed by atoms with Crippen molar-refractivity contribution in [1.29, 1.82) is 0 Å². The fraction of sp³-hybridized carbons (Fsp3) is 0.150. The second kappa shape index (κ2) is 7.77. The highest BCUT2D eigenvalue weighted by Gasteiger charge is 2.18. The molecule has 0 amide bonds. The van der Waals surface area contributed by atoms with E-state index in [-0.39, 0.29) is 5.95 Å². The first-order valence-corrected chi connectivity index (χ1v) is 10.1. The van der Waals surface area contributed by atoms with Crippen molar-refractivity contribution >= 4 is 21.9 Å². The van der Waals surface area contributed by atoms with Gasteiger partial charge in [0, 0.05) is 11.1 Å². The van der Waals surface area contributed by atoms with E-state index in [1.807, 2.05) is 62.4 Å². The molecule has 0 bridgehead atoms. The Labute approximate surface area is 163 Å². The monoisotopic (exact) mass is 397 g/mol. The number of nitrogens with zero attached hydrogens (tertiary/aromatic N) is 2. The summed E-state index contributed by atoms with van der Waals surface area (Å²) in [6, 6.07) is 17.0. The van der Waals surface area contributed by atoms with Crippen LogP contribution in [0.4, 0.5) is 5.95 Å². The Hall–Kier alpha value is -3.26. The molecular formula is C20H19N3O4S. The summed E-state index contributed by atoms with van der Waals surface area (Å²) >= 11 is 0. The summed E-state index contributed by atoms with van der Waals surface area (Å²) < 4.78 is 26.2. The lowest BCUT2D eigenvalue weighted by Crippen LogP contribution is -2.23. The summed E-state index contributed by atoms with van der Waals surface area (Å²) in [7, 11) is -4.12. The van der Waals surface area contributed by atoms with Gasteiger partial charge in [0.2, 0.25) is 16.0 Å². The number of sulfonamides is 1. The van der Waals surface area contributed by atoms with Crippen LogP contribution in [0.1, 0.15) is 11.1 Å². The molecule has 0 radical (unpaired) electrons. The molecule has 2 N–H and O–H groups in total. The molecule has 3 aromatic rings. The highest BCUT2D eigenvalue weighted by molar-refractivity contribution is 7.93. The van der Waals surface area contributed by atoms with Crippen molar-refractivity contribution in [3.63, 3.8) is 0 Å². The molecule has 144 valence electrons. The minimum absolute atomic E-state index is 0.171. The molecular weight excluding hydrogens is 378 g/mol. The minimum atomic E-state index is -4.12. The number of carbonyl (C=O) groups is 1. The van der Waals surface area contributed by atoms with E-state index in [9.17, 15) is 13.2 Å². The van der Waals surface area contributed by atoms with Crippen LogP contribution < -0.4 is 4.72 Å². The Balaban J connectivity index is 2.09. The molecule has 1 heterocycles. The zero-order valence-electron chi connectivity index (χ0n) is 15.4. The first kappa shape index (κ1) is 19.5. The van der Waals surface area contributed by atoms with Crippen molar-refractivity contribution in [2.75, 3.05) is 10.5 Å². The lowest BCUT2D eigenvalue weighted by atomic mass is 10.1. The first-order valence-electron chi connectivity index (χ1n) is 8.47. The molecule has 7 nitrogen and oxygen atoms in total. The molecule has 3 rings (SSSR count). The summed E-state index contributed by atoms with van der Waals surface area (Å²) in [5.74, 6) is -2.69. The fourth-order valence-electron chi connectivity index (χ4n) is 2.58. The van der Waals surface area contributed by atoms with E-state index in [1.165, 1.54) is 0 Å². The van der Waals surface area contributed by atoms with Crippen molar-refractivity contribution in [2.24, 2.45) is 0 Å². The van der Waals surface area contributed by atoms with Crippen LogP contribution in [0.15, 0.2) is 54.6 Å². The fourth-order valence-corrected chi connectivity index (χ4v) is 3.34. The molecule has 2 aromatic carbocycles. The predicted molar refractivity (Wildman–Crippen MR) is 107 cm³/mol. The van der Waals surface area contributed by atoms with E-state index < -0.39 is 21.7 Å². The molecule has 28 heavy (non-hydrogen) atoms. The summed E-state index contributed by atoms with van der Waals surface area (Å²) in [6.07, 6.45) is 0. The highest BCUT2D eigenvalue weighted by atomic mass is 32.2. The number of benzene rings is 2. The molecule has 0 atom stereocenters. The van der Waals surface area contributed by atoms with Gasteiger partial charge >= 0.3 is 5.97 Å². The highest BCUT2D eigenvalue weighted by Crippen LogP contribution is 2.26. The lowest BCUT2D eigenvalue weighted by Gasteiger charge is -2.10. The average molecular weight is 397 g/mol. The third-order valence-corrected chi connectivity index (χ3v) is 5.10. The van der Waals surface area contributed by atoms with Crippen molar-refractivity contribution in [2.45, 2.75) is 13.8 Å². The van der Waals surface area contributed by atoms with Crippen LogP contribution in [-0.2, 0) is 14.8 Å². The van der Waals surface area contributed by atoms with Crippen molar-refractivity contribution in [3.8, 4) is 22.5 Å². The third-order valence-electron chi connectivity index (χ3n) is 3.98. The number of carboxylic acids is 1. The Morgan fingerprint density at radius 3 is 1.71 bits per heavy atom. The molecule has 0 aliphatic carbocycles. The number of hydrogen-bond acceptors (Lipinski definition) is 5. The van der Waals surface area contributed by atoms with Gasteiger partial charge < -0.3 is 5.11 Å². The summed E-state index contributed by atoms with van der Waals surface area (Å²) in [4.78, 5) is 19.3. The van der Waals surface area contributed by atoms with E-state index in [0.717, 1.165) is 22.3 Å². The van der Waals surface area contributed by atoms with Crippen molar-refractivity contribution in [3.05, 3.63) is 65.7 Å². The zero-order chi connectivity index (χ0) is 20.3. The average Bonchev–Trinajstić information content (AvgIpc) is 2.61. The van der Waals surface area contributed by atoms with Gasteiger partial charge in [0.25, 0.3) is 0 Å². The van der Waals surface area contributed by atoms with Gasteiger partial charge in [-0.3, -0.25) is 9.52 Å². The van der Waals surface area contributed by atoms with E-state index in [1.54, 1.807) is 6.07 Å². The Kier molecular flexibility index (Phi) is 5.41. The summed E-state index contributed by atoms with van der Waals surface area (Å²) in [5.41, 5.74) is 4.80. The van der Waals surface area contributed by atoms with Gasteiger partial charge in [-0.05, 0) is 19.9 Å². The molecule has 0 saturated heterocycles. The number of aliphatic carboxylic acids is 1. The van der Waals surface area contributed by atoms with Crippen LogP contribution in [0.2, 0.25) is 0 Å². The van der Waals surface area contributed by atoms with Crippen LogP contribution in [-0.4, -0.2) is 35.2 Å². The smallest absolute Gasteiger partial charge is 0.320 e. The number of anilines is 1. The topological polar surface area (TPSA) is 109 Å². The number of aryl methyl sites for hydroxylation is 2. The molecule has 0 saturated carbocycles. The first-order chi connectivity index (χ1) is 13.2. The maximum Gasteiger partial charge on any atom is 0.320 e. The van der Waals surface area contributed by atoms with Gasteiger partial charge in [0.1, 0.15) is 0 Å². The molecule has 1 aromatic heterocycles. The number of hydrogen-bond donors (Lipinski definition) is 2. The van der Waals surface area contributed by atoms with E-state index in [2.05, 4.69) is 14.7 Å². The molecule has 0 aliphatic heterocycles. The SMILES string of the molecule is Cc1ccc(-c2cc(-c3ccc(C)cc3)nc(NS(=O)(=O)CC(=O)O)n2)cc1. The standard InChI is InChI=1S/C20H19N3O4S/c1-13-3-7-15(8-4-13)17-11-18(16-9-5-14(2)6-10-16)22-20(21-17)23-28(26,27)12-19(24)25/h3-11H,12H2,1-2H3,(H,24,25)(H,21,22,23). The van der Waals surface area contributed by atoms with Crippen molar-refractivity contribution < 1.29 is 18.3 Å². The molecule has 0 aliphatic rings. The van der Waals surface area contributed by atoms with Gasteiger partial charge in [-0.1, -0.05) is 59.7 Å². The van der Waals surface area contributed by atoms with Gasteiger partial charge in [-0.15, -0.1) is 0 Å². The Morgan fingerprint density at radius 2 is 1.32 bits per heavy atom. The zero-order valence-corrected chi connectivity index (χ0v) is 16.2. The lowest BCUT2D eigenvalue weighted by molar-refractivity contribution is -0.134.